The van der Waals surface area contributed by atoms with Gasteiger partial charge in [0, 0.05) is 32.1 Å². The van der Waals surface area contributed by atoms with Gasteiger partial charge in [-0.05, 0) is 18.2 Å². The number of halogens is 1. The molecule has 0 atom stereocenters. The third-order valence-electron chi connectivity index (χ3n) is 3.51. The molecule has 19 heavy (non-hydrogen) atoms. The lowest BCUT2D eigenvalue weighted by atomic mass is 10.2. The van der Waals surface area contributed by atoms with Crippen molar-refractivity contribution in [2.75, 3.05) is 32.7 Å². The number of rotatable bonds is 4. The van der Waals surface area contributed by atoms with Crippen LogP contribution in [0.2, 0.25) is 0 Å². The molecule has 0 aliphatic carbocycles. The normalized spacial score (nSPS) is 18.6. The largest absolute Gasteiger partial charge is 0.301 e. The number of alkyl halides is 1. The summed E-state index contributed by atoms with van der Waals surface area (Å²) in [5.74, 6) is 0.213. The molecule has 0 bridgehead atoms. The van der Waals surface area contributed by atoms with Gasteiger partial charge in [-0.25, -0.2) is 8.42 Å². The van der Waals surface area contributed by atoms with Crippen molar-refractivity contribution in [1.82, 2.24) is 9.21 Å². The van der Waals surface area contributed by atoms with Crippen molar-refractivity contribution in [3.63, 3.8) is 0 Å². The fraction of sp³-hybridized carbons (Fsp3) is 0.538. The molecule has 6 heteroatoms. The van der Waals surface area contributed by atoms with Crippen molar-refractivity contribution in [3.8, 4) is 0 Å². The number of benzene rings is 1. The summed E-state index contributed by atoms with van der Waals surface area (Å²) >= 11 is 5.83. The SMILES string of the molecule is CCN1CCN(S(=O)(=O)c2ccccc2CCl)CC1. The average molecular weight is 303 g/mol. The molecule has 0 spiro atoms. The molecule has 0 aromatic heterocycles. The number of hydrogen-bond donors (Lipinski definition) is 0. The molecule has 0 N–H and O–H groups in total. The molecule has 1 heterocycles. The highest BCUT2D eigenvalue weighted by Gasteiger charge is 2.29. The molecule has 0 radical (unpaired) electrons. The maximum absolute atomic E-state index is 12.6. The minimum atomic E-state index is -3.41. The van der Waals surface area contributed by atoms with Crippen molar-refractivity contribution in [2.45, 2.75) is 17.7 Å². The van der Waals surface area contributed by atoms with Crippen LogP contribution in [-0.4, -0.2) is 50.3 Å². The molecule has 1 fully saturated rings. The summed E-state index contributed by atoms with van der Waals surface area (Å²) in [7, 11) is -3.41. The van der Waals surface area contributed by atoms with Crippen LogP contribution in [0.15, 0.2) is 29.2 Å². The maximum atomic E-state index is 12.6. The van der Waals surface area contributed by atoms with Crippen LogP contribution in [0.25, 0.3) is 0 Å². The molecule has 1 aromatic rings. The van der Waals surface area contributed by atoms with E-state index in [1.54, 1.807) is 22.5 Å². The van der Waals surface area contributed by atoms with E-state index in [9.17, 15) is 8.42 Å². The fourth-order valence-electron chi connectivity index (χ4n) is 2.29. The van der Waals surface area contributed by atoms with Crippen molar-refractivity contribution in [3.05, 3.63) is 29.8 Å². The zero-order chi connectivity index (χ0) is 13.9. The van der Waals surface area contributed by atoms with Crippen LogP contribution < -0.4 is 0 Å². The Morgan fingerprint density at radius 2 is 1.79 bits per heavy atom. The summed E-state index contributed by atoms with van der Waals surface area (Å²) in [6.07, 6.45) is 0. The monoisotopic (exact) mass is 302 g/mol. The smallest absolute Gasteiger partial charge is 0.243 e. The van der Waals surface area contributed by atoms with Gasteiger partial charge in [-0.3, -0.25) is 0 Å². The zero-order valence-electron chi connectivity index (χ0n) is 11.0. The highest BCUT2D eigenvalue weighted by molar-refractivity contribution is 7.89. The molecule has 4 nitrogen and oxygen atoms in total. The Morgan fingerprint density at radius 3 is 2.37 bits per heavy atom. The van der Waals surface area contributed by atoms with E-state index in [4.69, 9.17) is 11.6 Å². The van der Waals surface area contributed by atoms with Crippen molar-refractivity contribution in [1.29, 1.82) is 0 Å². The van der Waals surface area contributed by atoms with Gasteiger partial charge >= 0.3 is 0 Å². The second kappa shape index (κ2) is 6.22. The summed E-state index contributed by atoms with van der Waals surface area (Å²) in [5.41, 5.74) is 0.669. The quantitative estimate of drug-likeness (QED) is 0.796. The topological polar surface area (TPSA) is 40.6 Å². The lowest BCUT2D eigenvalue weighted by Crippen LogP contribution is -2.48. The van der Waals surface area contributed by atoms with Crippen LogP contribution >= 0.6 is 11.6 Å². The predicted molar refractivity (Wildman–Crippen MR) is 76.9 cm³/mol. The molecule has 0 saturated carbocycles. The van der Waals surface area contributed by atoms with E-state index in [2.05, 4.69) is 11.8 Å². The van der Waals surface area contributed by atoms with Crippen LogP contribution in [0, 0.1) is 0 Å². The Balaban J connectivity index is 2.23. The number of piperazine rings is 1. The standard InChI is InChI=1S/C13H19ClN2O2S/c1-2-15-7-9-16(10-8-15)19(17,18)13-6-4-3-5-12(13)11-14/h3-6H,2,7-11H2,1H3. The van der Waals surface area contributed by atoms with E-state index in [-0.39, 0.29) is 5.88 Å². The summed E-state index contributed by atoms with van der Waals surface area (Å²) in [6.45, 7) is 5.73. The Hall–Kier alpha value is -0.620. The van der Waals surface area contributed by atoms with Gasteiger partial charge in [0.2, 0.25) is 10.0 Å². The van der Waals surface area contributed by atoms with E-state index in [0.29, 0.717) is 23.5 Å². The first kappa shape index (κ1) is 14.8. The predicted octanol–water partition coefficient (Wildman–Crippen LogP) is 1.75. The van der Waals surface area contributed by atoms with E-state index in [1.165, 1.54) is 0 Å². The highest BCUT2D eigenvalue weighted by atomic mass is 35.5. The number of likely N-dealkylation sites (N-methyl/N-ethyl adjacent to an activating group) is 1. The maximum Gasteiger partial charge on any atom is 0.243 e. The Morgan fingerprint density at radius 1 is 1.16 bits per heavy atom. The number of sulfonamides is 1. The van der Waals surface area contributed by atoms with Crippen molar-refractivity contribution < 1.29 is 8.42 Å². The lowest BCUT2D eigenvalue weighted by Gasteiger charge is -2.33. The molecular weight excluding hydrogens is 284 g/mol. The molecule has 1 saturated heterocycles. The van der Waals surface area contributed by atoms with Gasteiger partial charge in [0.05, 0.1) is 4.90 Å². The van der Waals surface area contributed by atoms with Gasteiger partial charge in [-0.1, -0.05) is 25.1 Å². The fourth-order valence-corrected chi connectivity index (χ4v) is 4.25. The first-order valence-corrected chi connectivity index (χ1v) is 8.43. The van der Waals surface area contributed by atoms with Crippen molar-refractivity contribution in [2.24, 2.45) is 0 Å². The molecule has 1 aromatic carbocycles. The van der Waals surface area contributed by atoms with Crippen LogP contribution in [0.5, 0.6) is 0 Å². The van der Waals surface area contributed by atoms with Crippen LogP contribution in [0.3, 0.4) is 0 Å². The zero-order valence-corrected chi connectivity index (χ0v) is 12.6. The Labute approximate surface area is 120 Å². The van der Waals surface area contributed by atoms with Gasteiger partial charge in [0.15, 0.2) is 0 Å². The number of hydrogen-bond acceptors (Lipinski definition) is 3. The molecule has 0 amide bonds. The molecular formula is C13H19ClN2O2S. The second-order valence-corrected chi connectivity index (χ2v) is 6.75. The third-order valence-corrected chi connectivity index (χ3v) is 5.80. The van der Waals surface area contributed by atoms with E-state index in [1.807, 2.05) is 6.07 Å². The lowest BCUT2D eigenvalue weighted by molar-refractivity contribution is 0.196. The second-order valence-electron chi connectivity index (χ2n) is 4.58. The van der Waals surface area contributed by atoms with Crippen molar-refractivity contribution >= 4 is 21.6 Å². The van der Waals surface area contributed by atoms with Crippen LogP contribution in [0.1, 0.15) is 12.5 Å². The average Bonchev–Trinajstić information content (AvgIpc) is 2.47. The summed E-state index contributed by atoms with van der Waals surface area (Å²) in [6, 6.07) is 6.96. The van der Waals surface area contributed by atoms with E-state index in [0.717, 1.165) is 19.6 Å². The van der Waals surface area contributed by atoms with Gasteiger partial charge in [0.1, 0.15) is 0 Å². The first-order valence-electron chi connectivity index (χ1n) is 6.46. The molecule has 106 valence electrons. The van der Waals surface area contributed by atoms with Crippen LogP contribution in [-0.2, 0) is 15.9 Å². The highest BCUT2D eigenvalue weighted by Crippen LogP contribution is 2.22. The third kappa shape index (κ3) is 3.11. The van der Waals surface area contributed by atoms with Gasteiger partial charge in [-0.2, -0.15) is 4.31 Å². The minimum absolute atomic E-state index is 0.213. The first-order chi connectivity index (χ1) is 9.09. The van der Waals surface area contributed by atoms with Gasteiger partial charge in [0.25, 0.3) is 0 Å². The van der Waals surface area contributed by atoms with Crippen LogP contribution in [0.4, 0.5) is 0 Å². The molecule has 2 rings (SSSR count). The van der Waals surface area contributed by atoms with E-state index >= 15 is 0 Å². The number of nitrogens with zero attached hydrogens (tertiary/aromatic N) is 2. The Kier molecular flexibility index (Phi) is 4.84. The Bertz CT molecular complexity index is 525. The van der Waals surface area contributed by atoms with E-state index < -0.39 is 10.0 Å². The molecule has 1 aliphatic rings. The molecule has 1 aliphatic heterocycles. The minimum Gasteiger partial charge on any atom is -0.301 e. The summed E-state index contributed by atoms with van der Waals surface area (Å²) < 4.78 is 26.8. The summed E-state index contributed by atoms with van der Waals surface area (Å²) in [4.78, 5) is 2.59. The van der Waals surface area contributed by atoms with Gasteiger partial charge < -0.3 is 4.90 Å². The van der Waals surface area contributed by atoms with Gasteiger partial charge in [-0.15, -0.1) is 11.6 Å². The molecule has 0 unspecified atom stereocenters. The summed E-state index contributed by atoms with van der Waals surface area (Å²) in [5, 5.41) is 0.